The van der Waals surface area contributed by atoms with E-state index in [0.717, 1.165) is 0 Å². The summed E-state index contributed by atoms with van der Waals surface area (Å²) in [7, 11) is 0. The summed E-state index contributed by atoms with van der Waals surface area (Å²) in [4.78, 5) is 10.6. The minimum atomic E-state index is 0.140. The smallest absolute Gasteiger partial charge is 0.147 e. The molecule has 0 amide bonds. The van der Waals surface area contributed by atoms with E-state index in [2.05, 4.69) is 9.97 Å². The molecule has 0 unspecified atom stereocenters. The van der Waals surface area contributed by atoms with E-state index in [-0.39, 0.29) is 4.99 Å². The number of hydrogen-bond acceptors (Lipinski definition) is 4. The van der Waals surface area contributed by atoms with Crippen molar-refractivity contribution in [2.24, 2.45) is 5.73 Å². The van der Waals surface area contributed by atoms with E-state index in [4.69, 9.17) is 30.2 Å². The molecule has 0 fully saturated rings. The van der Waals surface area contributed by atoms with Crippen LogP contribution in [0.3, 0.4) is 0 Å². The van der Waals surface area contributed by atoms with Gasteiger partial charge in [0.2, 0.25) is 0 Å². The van der Waals surface area contributed by atoms with Gasteiger partial charge >= 0.3 is 0 Å². The largest absolute Gasteiger partial charge is 0.387 e. The van der Waals surface area contributed by atoms with E-state index in [9.17, 15) is 0 Å². The minimum absolute atomic E-state index is 0.140. The van der Waals surface area contributed by atoms with Crippen LogP contribution in [0.5, 0.6) is 0 Å². The Balaban J connectivity index is 2.48. The van der Waals surface area contributed by atoms with E-state index < -0.39 is 0 Å². The van der Waals surface area contributed by atoms with Crippen molar-refractivity contribution in [1.29, 1.82) is 0 Å². The second-order valence-corrected chi connectivity index (χ2v) is 4.21. The number of rotatable bonds is 2. The van der Waals surface area contributed by atoms with Crippen molar-refractivity contribution < 1.29 is 0 Å². The van der Waals surface area contributed by atoms with Crippen LogP contribution in [0.1, 0.15) is 0 Å². The van der Waals surface area contributed by atoms with Crippen LogP contribution in [0.25, 0.3) is 0 Å². The highest BCUT2D eigenvalue weighted by atomic mass is 32.1. The Morgan fingerprint density at radius 1 is 0.944 bits per heavy atom. The molecule has 0 aliphatic carbocycles. The van der Waals surface area contributed by atoms with Gasteiger partial charge in [0.05, 0.1) is 0 Å². The quantitative estimate of drug-likeness (QED) is 0.848. The molecule has 0 spiro atoms. The molecule has 2 aromatic heterocycles. The first-order valence-corrected chi connectivity index (χ1v) is 5.98. The maximum atomic E-state index is 5.60. The zero-order valence-corrected chi connectivity index (χ0v) is 11.0. The Kier molecular flexibility index (Phi) is 3.91. The summed E-state index contributed by atoms with van der Waals surface area (Å²) in [6.45, 7) is 0. The van der Waals surface area contributed by atoms with E-state index in [0.29, 0.717) is 16.6 Å². The predicted octanol–water partition coefficient (Wildman–Crippen LogP) is 2.23. The maximum absolute atomic E-state index is 5.60. The zero-order chi connectivity index (χ0) is 13.0. The van der Waals surface area contributed by atoms with E-state index in [1.54, 1.807) is 17.3 Å². The van der Waals surface area contributed by atoms with Crippen molar-refractivity contribution in [2.45, 2.75) is 0 Å². The second kappa shape index (κ2) is 5.61. The van der Waals surface area contributed by atoms with Gasteiger partial charge in [-0.1, -0.05) is 36.6 Å². The maximum Gasteiger partial charge on any atom is 0.147 e. The molecule has 6 heteroatoms. The molecule has 2 rings (SSSR count). The third-order valence-corrected chi connectivity index (χ3v) is 2.90. The van der Waals surface area contributed by atoms with Crippen LogP contribution >= 0.6 is 24.4 Å². The molecule has 4 nitrogen and oxygen atoms in total. The third kappa shape index (κ3) is 2.66. The average Bonchev–Trinajstić information content (AvgIpc) is 2.41. The average molecular weight is 274 g/mol. The molecule has 18 heavy (non-hydrogen) atoms. The number of anilines is 2. The van der Waals surface area contributed by atoms with Crippen molar-refractivity contribution in [2.75, 3.05) is 4.90 Å². The molecule has 0 aliphatic rings. The highest BCUT2D eigenvalue weighted by molar-refractivity contribution is 7.89. The van der Waals surface area contributed by atoms with Crippen LogP contribution < -0.4 is 10.6 Å². The number of aromatic nitrogens is 2. The molecule has 2 heterocycles. The SMILES string of the molecule is NC(=S)C(=S)N(c1ccccn1)c1ccccn1. The van der Waals surface area contributed by atoms with Gasteiger partial charge in [-0.2, -0.15) is 0 Å². The van der Waals surface area contributed by atoms with Gasteiger partial charge in [-0.3, -0.25) is 4.90 Å². The van der Waals surface area contributed by atoms with Gasteiger partial charge in [-0.15, -0.1) is 0 Å². The Bertz CT molecular complexity index is 517. The lowest BCUT2D eigenvalue weighted by atomic mass is 10.3. The number of nitrogens with zero attached hydrogens (tertiary/aromatic N) is 3. The summed E-state index contributed by atoms with van der Waals surface area (Å²) in [5, 5.41) is 0. The Morgan fingerprint density at radius 3 is 1.78 bits per heavy atom. The lowest BCUT2D eigenvalue weighted by Crippen LogP contribution is -2.35. The summed E-state index contributed by atoms with van der Waals surface area (Å²) >= 11 is 10.2. The fourth-order valence-corrected chi connectivity index (χ4v) is 1.69. The normalized spacial score (nSPS) is 9.78. The molecular formula is C12H10N4S2. The van der Waals surface area contributed by atoms with Gasteiger partial charge in [0, 0.05) is 12.4 Å². The molecule has 0 saturated carbocycles. The van der Waals surface area contributed by atoms with Crippen LogP contribution in [0.4, 0.5) is 11.6 Å². The van der Waals surface area contributed by atoms with E-state index in [1.807, 2.05) is 36.4 Å². The molecule has 90 valence electrons. The summed E-state index contributed by atoms with van der Waals surface area (Å²) in [6.07, 6.45) is 3.35. The van der Waals surface area contributed by atoms with Gasteiger partial charge < -0.3 is 5.73 Å². The number of thiocarbonyl (C=S) groups is 2. The topological polar surface area (TPSA) is 55.0 Å². The van der Waals surface area contributed by atoms with E-state index in [1.165, 1.54) is 0 Å². The molecule has 0 saturated heterocycles. The molecule has 0 aromatic carbocycles. The predicted molar refractivity (Wildman–Crippen MR) is 80.0 cm³/mol. The lowest BCUT2D eigenvalue weighted by molar-refractivity contribution is 1.17. The van der Waals surface area contributed by atoms with Crippen LogP contribution in [0, 0.1) is 0 Å². The fraction of sp³-hybridized carbons (Fsp3) is 0. The second-order valence-electron chi connectivity index (χ2n) is 3.38. The number of pyridine rings is 2. The highest BCUT2D eigenvalue weighted by Crippen LogP contribution is 2.21. The van der Waals surface area contributed by atoms with Gasteiger partial charge in [0.25, 0.3) is 0 Å². The Labute approximate surface area is 115 Å². The van der Waals surface area contributed by atoms with Crippen molar-refractivity contribution >= 4 is 46.0 Å². The Morgan fingerprint density at radius 2 is 1.44 bits per heavy atom. The van der Waals surface area contributed by atoms with Gasteiger partial charge in [-0.05, 0) is 24.3 Å². The van der Waals surface area contributed by atoms with Crippen molar-refractivity contribution in [3.63, 3.8) is 0 Å². The summed E-state index contributed by atoms with van der Waals surface area (Å²) in [5.74, 6) is 1.27. The highest BCUT2D eigenvalue weighted by Gasteiger charge is 2.18. The molecular weight excluding hydrogens is 264 g/mol. The monoisotopic (exact) mass is 274 g/mol. The fourth-order valence-electron chi connectivity index (χ4n) is 1.41. The molecule has 0 bridgehead atoms. The molecule has 2 aromatic rings. The molecule has 0 aliphatic heterocycles. The van der Waals surface area contributed by atoms with Gasteiger partial charge in [0.1, 0.15) is 21.6 Å². The van der Waals surface area contributed by atoms with Gasteiger partial charge in [0.15, 0.2) is 0 Å². The van der Waals surface area contributed by atoms with Crippen molar-refractivity contribution in [3.8, 4) is 0 Å². The third-order valence-electron chi connectivity index (χ3n) is 2.17. The van der Waals surface area contributed by atoms with Gasteiger partial charge in [-0.25, -0.2) is 9.97 Å². The number of hydrogen-bond donors (Lipinski definition) is 1. The van der Waals surface area contributed by atoms with Crippen molar-refractivity contribution in [3.05, 3.63) is 48.8 Å². The zero-order valence-electron chi connectivity index (χ0n) is 9.35. The molecule has 0 atom stereocenters. The standard InChI is InChI=1S/C12H10N4S2/c13-11(17)12(18)16(9-5-1-3-7-14-9)10-6-2-4-8-15-10/h1-8H,(H2,13,17). The minimum Gasteiger partial charge on any atom is -0.387 e. The van der Waals surface area contributed by atoms with Crippen LogP contribution in [0.2, 0.25) is 0 Å². The molecule has 0 radical (unpaired) electrons. The van der Waals surface area contributed by atoms with Crippen molar-refractivity contribution in [1.82, 2.24) is 9.97 Å². The number of nitrogens with two attached hydrogens (primary N) is 1. The first-order chi connectivity index (χ1) is 8.70. The van der Waals surface area contributed by atoms with Crippen LogP contribution in [-0.4, -0.2) is 19.9 Å². The first-order valence-electron chi connectivity index (χ1n) is 5.16. The Hall–Kier alpha value is -1.92. The molecule has 2 N–H and O–H groups in total. The summed E-state index contributed by atoms with van der Waals surface area (Å²) < 4.78 is 0. The lowest BCUT2D eigenvalue weighted by Gasteiger charge is -2.22. The van der Waals surface area contributed by atoms with E-state index >= 15 is 0 Å². The summed E-state index contributed by atoms with van der Waals surface area (Å²) in [6, 6.07) is 11.0. The van der Waals surface area contributed by atoms with Crippen LogP contribution in [-0.2, 0) is 0 Å². The van der Waals surface area contributed by atoms with Crippen LogP contribution in [0.15, 0.2) is 48.8 Å². The first kappa shape index (κ1) is 12.5. The summed E-state index contributed by atoms with van der Waals surface area (Å²) in [5.41, 5.74) is 5.60.